The molecule has 30 heavy (non-hydrogen) atoms. The van der Waals surface area contributed by atoms with Gasteiger partial charge in [-0.05, 0) is 42.7 Å². The zero-order valence-corrected chi connectivity index (χ0v) is 15.9. The number of aromatic nitrogens is 1. The van der Waals surface area contributed by atoms with Gasteiger partial charge >= 0.3 is 18.1 Å². The summed E-state index contributed by atoms with van der Waals surface area (Å²) in [4.78, 5) is 46.0. The molecule has 0 saturated heterocycles. The van der Waals surface area contributed by atoms with E-state index in [1.807, 2.05) is 0 Å². The third-order valence-electron chi connectivity index (χ3n) is 4.08. The average Bonchev–Trinajstić information content (AvgIpc) is 2.68. The first kappa shape index (κ1) is 24.4. The Morgan fingerprint density at radius 2 is 1.47 bits per heavy atom. The fraction of sp³-hybridized carbons (Fsp3) is 0.263. The summed E-state index contributed by atoms with van der Waals surface area (Å²) in [7, 11) is 0. The molecule has 0 fully saturated rings. The Kier molecular flexibility index (Phi) is 7.91. The first-order valence-corrected chi connectivity index (χ1v) is 8.45. The van der Waals surface area contributed by atoms with Crippen molar-refractivity contribution in [3.8, 4) is 11.1 Å². The van der Waals surface area contributed by atoms with Gasteiger partial charge in [0.15, 0.2) is 0 Å². The molecule has 0 aliphatic heterocycles. The molecule has 1 amide bonds. The van der Waals surface area contributed by atoms with E-state index in [2.05, 4.69) is 10.3 Å². The molecule has 0 bridgehead atoms. The van der Waals surface area contributed by atoms with Crippen LogP contribution in [-0.4, -0.2) is 44.8 Å². The molecule has 4 N–H and O–H groups in total. The van der Waals surface area contributed by atoms with Crippen LogP contribution in [0.2, 0.25) is 0 Å². The van der Waals surface area contributed by atoms with Gasteiger partial charge in [-0.1, -0.05) is 19.1 Å². The first-order valence-electron chi connectivity index (χ1n) is 8.45. The van der Waals surface area contributed by atoms with Gasteiger partial charge in [0, 0.05) is 17.8 Å². The highest BCUT2D eigenvalue weighted by molar-refractivity contribution is 5.98. The minimum absolute atomic E-state index is 0.183. The second-order valence-corrected chi connectivity index (χ2v) is 6.27. The zero-order valence-electron chi connectivity index (χ0n) is 15.9. The molecular weight excluding hydrogens is 409 g/mol. The van der Waals surface area contributed by atoms with Crippen LogP contribution in [0.1, 0.15) is 30.6 Å². The van der Waals surface area contributed by atoms with Gasteiger partial charge < -0.3 is 20.5 Å². The minimum atomic E-state index is -5.08. The van der Waals surface area contributed by atoms with E-state index in [4.69, 9.17) is 9.90 Å². The quantitative estimate of drug-likeness (QED) is 0.578. The van der Waals surface area contributed by atoms with E-state index in [0.717, 1.165) is 11.1 Å². The summed E-state index contributed by atoms with van der Waals surface area (Å²) < 4.78 is 31.7. The molecule has 1 atom stereocenters. The zero-order chi connectivity index (χ0) is 23.1. The number of carboxylic acids is 2. The van der Waals surface area contributed by atoms with Crippen molar-refractivity contribution in [1.29, 1.82) is 0 Å². The highest BCUT2D eigenvalue weighted by Crippen LogP contribution is 2.18. The summed E-state index contributed by atoms with van der Waals surface area (Å²) in [5.74, 6) is -4.27. The SMILES string of the molecule is CC[C@@](C)(NC(=O)c1ccc(-c2ccc(=O)[nH]c2)cc1)C(=O)O.O=C(O)C(F)(F)F. The molecule has 0 aliphatic rings. The van der Waals surface area contributed by atoms with Crippen LogP contribution in [0.5, 0.6) is 0 Å². The summed E-state index contributed by atoms with van der Waals surface area (Å²) in [5, 5.41) is 18.9. The van der Waals surface area contributed by atoms with Gasteiger partial charge in [0.05, 0.1) is 0 Å². The number of aliphatic carboxylic acids is 2. The van der Waals surface area contributed by atoms with Gasteiger partial charge in [-0.15, -0.1) is 0 Å². The Labute approximate surface area is 168 Å². The molecule has 0 saturated carbocycles. The summed E-state index contributed by atoms with van der Waals surface area (Å²) in [6.07, 6.45) is -3.21. The highest BCUT2D eigenvalue weighted by Gasteiger charge is 2.38. The van der Waals surface area contributed by atoms with Gasteiger partial charge in [-0.2, -0.15) is 13.2 Å². The van der Waals surface area contributed by atoms with Crippen molar-refractivity contribution in [2.45, 2.75) is 32.0 Å². The maximum absolute atomic E-state index is 12.2. The number of H-pyrrole nitrogens is 1. The lowest BCUT2D eigenvalue weighted by molar-refractivity contribution is -0.192. The van der Waals surface area contributed by atoms with E-state index in [-0.39, 0.29) is 12.0 Å². The van der Waals surface area contributed by atoms with Crippen LogP contribution in [0.4, 0.5) is 13.2 Å². The number of halogens is 3. The number of hydrogen-bond acceptors (Lipinski definition) is 4. The molecule has 1 aromatic heterocycles. The van der Waals surface area contributed by atoms with Gasteiger partial charge in [0.2, 0.25) is 5.56 Å². The highest BCUT2D eigenvalue weighted by atomic mass is 19.4. The number of benzene rings is 1. The number of carbonyl (C=O) groups is 3. The van der Waals surface area contributed by atoms with Crippen LogP contribution >= 0.6 is 0 Å². The Morgan fingerprint density at radius 1 is 0.967 bits per heavy atom. The standard InChI is InChI=1S/C17H18N2O4.C2HF3O2/c1-3-17(2,16(22)23)19-15(21)12-6-4-11(5-7-12)13-8-9-14(20)18-10-13;3-2(4,5)1(6)7/h4-10H,3H2,1-2H3,(H,18,20)(H,19,21)(H,22,23);(H,6,7)/t17-;/m1./s1. The van der Waals surface area contributed by atoms with Crippen molar-refractivity contribution < 1.29 is 37.8 Å². The Bertz CT molecular complexity index is 949. The lowest BCUT2D eigenvalue weighted by Gasteiger charge is -2.24. The summed E-state index contributed by atoms with van der Waals surface area (Å²) in [5.41, 5.74) is 0.556. The Morgan fingerprint density at radius 3 is 1.83 bits per heavy atom. The molecule has 162 valence electrons. The number of pyridine rings is 1. The van der Waals surface area contributed by atoms with Crippen LogP contribution < -0.4 is 10.9 Å². The Hall–Kier alpha value is -3.63. The molecule has 1 heterocycles. The molecule has 1 aromatic carbocycles. The van der Waals surface area contributed by atoms with Crippen molar-refractivity contribution in [2.24, 2.45) is 0 Å². The van der Waals surface area contributed by atoms with Gasteiger partial charge in [0.1, 0.15) is 5.54 Å². The van der Waals surface area contributed by atoms with Crippen molar-refractivity contribution in [1.82, 2.24) is 10.3 Å². The normalized spacial score (nSPS) is 12.7. The molecule has 2 rings (SSSR count). The molecule has 0 aliphatic carbocycles. The third-order valence-corrected chi connectivity index (χ3v) is 4.08. The number of rotatable bonds is 5. The monoisotopic (exact) mass is 428 g/mol. The van der Waals surface area contributed by atoms with Gasteiger partial charge in [-0.25, -0.2) is 9.59 Å². The van der Waals surface area contributed by atoms with Crippen LogP contribution in [-0.2, 0) is 9.59 Å². The summed E-state index contributed by atoms with van der Waals surface area (Å²) >= 11 is 0. The number of carboxylic acid groups (broad SMARTS) is 2. The third kappa shape index (κ3) is 6.76. The number of alkyl halides is 3. The van der Waals surface area contributed by atoms with E-state index < -0.39 is 29.6 Å². The van der Waals surface area contributed by atoms with Crippen molar-refractivity contribution >= 4 is 17.8 Å². The second-order valence-electron chi connectivity index (χ2n) is 6.27. The molecule has 0 unspecified atom stereocenters. The predicted molar refractivity (Wildman–Crippen MR) is 100.0 cm³/mol. The summed E-state index contributed by atoms with van der Waals surface area (Å²) in [6, 6.07) is 9.84. The number of nitrogens with one attached hydrogen (secondary N) is 2. The number of aromatic amines is 1. The van der Waals surface area contributed by atoms with Crippen LogP contribution in [0, 0.1) is 0 Å². The van der Waals surface area contributed by atoms with Gasteiger partial charge in [-0.3, -0.25) is 9.59 Å². The van der Waals surface area contributed by atoms with Crippen LogP contribution in [0.15, 0.2) is 47.4 Å². The number of carbonyl (C=O) groups excluding carboxylic acids is 1. The topological polar surface area (TPSA) is 137 Å². The van der Waals surface area contributed by atoms with Crippen LogP contribution in [0.3, 0.4) is 0 Å². The van der Waals surface area contributed by atoms with Crippen molar-refractivity contribution in [3.05, 3.63) is 58.5 Å². The maximum Gasteiger partial charge on any atom is 0.490 e. The van der Waals surface area contributed by atoms with E-state index >= 15 is 0 Å². The van der Waals surface area contributed by atoms with E-state index in [9.17, 15) is 32.7 Å². The average molecular weight is 428 g/mol. The lowest BCUT2D eigenvalue weighted by atomic mass is 9.98. The largest absolute Gasteiger partial charge is 0.490 e. The fourth-order valence-electron chi connectivity index (χ4n) is 2.02. The van der Waals surface area contributed by atoms with Gasteiger partial charge in [0.25, 0.3) is 5.91 Å². The smallest absolute Gasteiger partial charge is 0.480 e. The predicted octanol–water partition coefficient (Wildman–Crippen LogP) is 2.66. The molecule has 0 radical (unpaired) electrons. The molecule has 11 heteroatoms. The lowest BCUT2D eigenvalue weighted by Crippen LogP contribution is -2.51. The van der Waals surface area contributed by atoms with Crippen molar-refractivity contribution in [3.63, 3.8) is 0 Å². The minimum Gasteiger partial charge on any atom is -0.480 e. The van der Waals surface area contributed by atoms with E-state index in [1.165, 1.54) is 13.0 Å². The second kappa shape index (κ2) is 9.72. The fourth-order valence-corrected chi connectivity index (χ4v) is 2.02. The molecule has 0 spiro atoms. The first-order chi connectivity index (χ1) is 13.8. The van der Waals surface area contributed by atoms with Crippen molar-refractivity contribution in [2.75, 3.05) is 0 Å². The molecular formula is C19H19F3N2O6. The molecule has 2 aromatic rings. The Balaban J connectivity index is 0.000000553. The van der Waals surface area contributed by atoms with E-state index in [0.29, 0.717) is 5.56 Å². The van der Waals surface area contributed by atoms with E-state index in [1.54, 1.807) is 43.5 Å². The number of hydrogen-bond donors (Lipinski definition) is 4. The maximum atomic E-state index is 12.2. The summed E-state index contributed by atoms with van der Waals surface area (Å²) in [6.45, 7) is 3.18. The molecule has 8 nitrogen and oxygen atoms in total. The van der Waals surface area contributed by atoms with Crippen LogP contribution in [0.25, 0.3) is 11.1 Å². The number of amides is 1.